The molecule has 1 unspecified atom stereocenters. The lowest BCUT2D eigenvalue weighted by molar-refractivity contribution is 0.0950. The molecule has 2 rings (SSSR count). The lowest BCUT2D eigenvalue weighted by Crippen LogP contribution is -2.26. The normalized spacial score (nSPS) is 19.5. The van der Waals surface area contributed by atoms with E-state index in [2.05, 4.69) is 36.4 Å². The number of nitrogens with zero attached hydrogens (tertiary/aromatic N) is 1. The van der Waals surface area contributed by atoms with Gasteiger partial charge in [0.2, 0.25) is 0 Å². The first-order valence-electron chi connectivity index (χ1n) is 7.12. The van der Waals surface area contributed by atoms with Crippen molar-refractivity contribution in [3.05, 3.63) is 22.8 Å². The van der Waals surface area contributed by atoms with Crippen LogP contribution in [0.15, 0.2) is 12.1 Å². The van der Waals surface area contributed by atoms with Gasteiger partial charge in [0.1, 0.15) is 11.0 Å². The first-order valence-corrected chi connectivity index (χ1v) is 7.50. The summed E-state index contributed by atoms with van der Waals surface area (Å²) in [5.74, 6) is 1.15. The van der Waals surface area contributed by atoms with Crippen molar-refractivity contribution in [3.8, 4) is 0 Å². The average molecular weight is 296 g/mol. The van der Waals surface area contributed by atoms with Crippen LogP contribution in [0.5, 0.6) is 0 Å². The van der Waals surface area contributed by atoms with Crippen LogP contribution < -0.4 is 10.6 Å². The van der Waals surface area contributed by atoms with Crippen LogP contribution >= 0.6 is 11.6 Å². The van der Waals surface area contributed by atoms with Gasteiger partial charge in [-0.2, -0.15) is 0 Å². The molecule has 0 aromatic carbocycles. The molecular weight excluding hydrogens is 274 g/mol. The zero-order valence-electron chi connectivity index (χ0n) is 12.3. The van der Waals surface area contributed by atoms with Gasteiger partial charge in [-0.15, -0.1) is 0 Å². The smallest absolute Gasteiger partial charge is 0.251 e. The van der Waals surface area contributed by atoms with E-state index >= 15 is 0 Å². The molecule has 5 heteroatoms. The Bertz CT molecular complexity index is 502. The minimum absolute atomic E-state index is 0.0865. The van der Waals surface area contributed by atoms with Gasteiger partial charge < -0.3 is 10.6 Å². The van der Waals surface area contributed by atoms with Gasteiger partial charge in [-0.25, -0.2) is 4.98 Å². The van der Waals surface area contributed by atoms with Crippen molar-refractivity contribution < 1.29 is 4.79 Å². The molecule has 1 aromatic heterocycles. The van der Waals surface area contributed by atoms with Crippen molar-refractivity contribution in [2.75, 3.05) is 18.4 Å². The molecular formula is C15H22ClN3O. The van der Waals surface area contributed by atoms with Crippen molar-refractivity contribution in [1.82, 2.24) is 10.3 Å². The van der Waals surface area contributed by atoms with Gasteiger partial charge in [0.05, 0.1) is 0 Å². The van der Waals surface area contributed by atoms with Crippen LogP contribution in [0.3, 0.4) is 0 Å². The Morgan fingerprint density at radius 3 is 2.80 bits per heavy atom. The van der Waals surface area contributed by atoms with Crippen molar-refractivity contribution in [3.63, 3.8) is 0 Å². The third-order valence-electron chi connectivity index (χ3n) is 3.84. The van der Waals surface area contributed by atoms with Gasteiger partial charge in [0, 0.05) is 18.7 Å². The molecule has 0 radical (unpaired) electrons. The maximum atomic E-state index is 12.1. The van der Waals surface area contributed by atoms with Crippen LogP contribution in [-0.4, -0.2) is 24.0 Å². The highest BCUT2D eigenvalue weighted by molar-refractivity contribution is 6.29. The standard InChI is InChI=1S/C15H22ClN3O/c1-4-5-17-13-7-10(6-12(16)19-13)14(20)18-9-11-8-15(11,2)3/h6-7,11H,4-5,8-9H2,1-3H3,(H,17,19)(H,18,20). The van der Waals surface area contributed by atoms with Crippen molar-refractivity contribution in [2.45, 2.75) is 33.6 Å². The molecule has 110 valence electrons. The lowest BCUT2D eigenvalue weighted by Gasteiger charge is -2.09. The second kappa shape index (κ2) is 6.00. The highest BCUT2D eigenvalue weighted by atomic mass is 35.5. The Morgan fingerprint density at radius 1 is 1.50 bits per heavy atom. The van der Waals surface area contributed by atoms with E-state index in [9.17, 15) is 4.79 Å². The van der Waals surface area contributed by atoms with E-state index in [1.807, 2.05) is 0 Å². The lowest BCUT2D eigenvalue weighted by atomic mass is 10.1. The molecule has 0 saturated heterocycles. The number of pyridine rings is 1. The number of amides is 1. The number of anilines is 1. The van der Waals surface area contributed by atoms with Crippen LogP contribution in [0, 0.1) is 11.3 Å². The summed E-state index contributed by atoms with van der Waals surface area (Å²) in [6, 6.07) is 3.35. The first-order chi connectivity index (χ1) is 9.42. The van der Waals surface area contributed by atoms with Gasteiger partial charge in [0.15, 0.2) is 0 Å². The van der Waals surface area contributed by atoms with Gasteiger partial charge in [0.25, 0.3) is 5.91 Å². The summed E-state index contributed by atoms with van der Waals surface area (Å²) in [5, 5.41) is 6.46. The molecule has 1 fully saturated rings. The van der Waals surface area contributed by atoms with E-state index < -0.39 is 0 Å². The van der Waals surface area contributed by atoms with E-state index in [0.717, 1.165) is 19.5 Å². The molecule has 1 aromatic rings. The predicted octanol–water partition coefficient (Wildman–Crippen LogP) is 3.33. The molecule has 4 nitrogen and oxygen atoms in total. The summed E-state index contributed by atoms with van der Waals surface area (Å²) in [5.41, 5.74) is 0.929. The van der Waals surface area contributed by atoms with E-state index in [0.29, 0.717) is 27.9 Å². The summed E-state index contributed by atoms with van der Waals surface area (Å²) in [6.45, 7) is 8.05. The van der Waals surface area contributed by atoms with Crippen LogP contribution in [-0.2, 0) is 0 Å². The predicted molar refractivity (Wildman–Crippen MR) is 82.2 cm³/mol. The Balaban J connectivity index is 1.96. The van der Waals surface area contributed by atoms with Crippen LogP contribution in [0.1, 0.15) is 44.0 Å². The average Bonchev–Trinajstić information content (AvgIpc) is 3.00. The number of halogens is 1. The number of aromatic nitrogens is 1. The monoisotopic (exact) mass is 295 g/mol. The first kappa shape index (κ1) is 15.1. The van der Waals surface area contributed by atoms with Crippen molar-refractivity contribution in [1.29, 1.82) is 0 Å². The zero-order valence-corrected chi connectivity index (χ0v) is 13.0. The Labute approximate surface area is 125 Å². The van der Waals surface area contributed by atoms with E-state index in [4.69, 9.17) is 11.6 Å². The largest absolute Gasteiger partial charge is 0.370 e. The van der Waals surface area contributed by atoms with E-state index in [-0.39, 0.29) is 5.91 Å². The molecule has 0 aliphatic heterocycles. The summed E-state index contributed by atoms with van der Waals surface area (Å²) >= 11 is 5.96. The molecule has 1 aliphatic rings. The van der Waals surface area contributed by atoms with Gasteiger partial charge in [-0.05, 0) is 36.3 Å². The fraction of sp³-hybridized carbons (Fsp3) is 0.600. The summed E-state index contributed by atoms with van der Waals surface area (Å²) in [4.78, 5) is 16.3. The Morgan fingerprint density at radius 2 is 2.20 bits per heavy atom. The van der Waals surface area contributed by atoms with Crippen molar-refractivity contribution in [2.24, 2.45) is 11.3 Å². The number of carbonyl (C=O) groups excluding carboxylic acids is 1. The maximum absolute atomic E-state index is 12.1. The molecule has 1 atom stereocenters. The third-order valence-corrected chi connectivity index (χ3v) is 4.03. The van der Waals surface area contributed by atoms with Gasteiger partial charge in [-0.3, -0.25) is 4.79 Å². The Kier molecular flexibility index (Phi) is 4.53. The van der Waals surface area contributed by atoms with Crippen LogP contribution in [0.4, 0.5) is 5.82 Å². The van der Waals surface area contributed by atoms with E-state index in [1.54, 1.807) is 12.1 Å². The SMILES string of the molecule is CCCNc1cc(C(=O)NCC2CC2(C)C)cc(Cl)n1. The number of carbonyl (C=O) groups is 1. The fourth-order valence-electron chi connectivity index (χ4n) is 2.21. The second-order valence-corrected chi connectivity index (χ2v) is 6.48. The highest BCUT2D eigenvalue weighted by Crippen LogP contribution is 2.50. The van der Waals surface area contributed by atoms with E-state index in [1.165, 1.54) is 6.42 Å². The minimum Gasteiger partial charge on any atom is -0.370 e. The quantitative estimate of drug-likeness (QED) is 0.792. The molecule has 0 bridgehead atoms. The topological polar surface area (TPSA) is 54.0 Å². The summed E-state index contributed by atoms with van der Waals surface area (Å²) < 4.78 is 0. The minimum atomic E-state index is -0.0865. The van der Waals surface area contributed by atoms with Crippen LogP contribution in [0.25, 0.3) is 0 Å². The zero-order chi connectivity index (χ0) is 14.8. The molecule has 1 aliphatic carbocycles. The molecule has 1 saturated carbocycles. The molecule has 1 heterocycles. The highest BCUT2D eigenvalue weighted by Gasteiger charge is 2.45. The van der Waals surface area contributed by atoms with Gasteiger partial charge >= 0.3 is 0 Å². The van der Waals surface area contributed by atoms with Gasteiger partial charge in [-0.1, -0.05) is 32.4 Å². The van der Waals surface area contributed by atoms with Crippen molar-refractivity contribution >= 4 is 23.3 Å². The molecule has 20 heavy (non-hydrogen) atoms. The summed E-state index contributed by atoms with van der Waals surface area (Å²) in [7, 11) is 0. The Hall–Kier alpha value is -1.29. The number of nitrogens with one attached hydrogen (secondary N) is 2. The number of hydrogen-bond acceptors (Lipinski definition) is 3. The summed E-state index contributed by atoms with van der Waals surface area (Å²) in [6.07, 6.45) is 2.17. The maximum Gasteiger partial charge on any atom is 0.251 e. The number of rotatable bonds is 6. The molecule has 2 N–H and O–H groups in total. The second-order valence-electron chi connectivity index (χ2n) is 6.09. The molecule has 1 amide bonds. The number of hydrogen-bond donors (Lipinski definition) is 2. The van der Waals surface area contributed by atoms with Crippen LogP contribution in [0.2, 0.25) is 5.15 Å². The molecule has 0 spiro atoms. The fourth-order valence-corrected chi connectivity index (χ4v) is 2.42. The third kappa shape index (κ3) is 3.85.